The van der Waals surface area contributed by atoms with Crippen LogP contribution >= 0.6 is 11.8 Å². The number of aromatic nitrogens is 2. The Balaban J connectivity index is 1.78. The van der Waals surface area contributed by atoms with Crippen molar-refractivity contribution in [3.8, 4) is 0 Å². The summed E-state index contributed by atoms with van der Waals surface area (Å²) < 4.78 is 12.4. The normalized spacial score (nSPS) is 10.9. The van der Waals surface area contributed by atoms with Gasteiger partial charge in [0.2, 0.25) is 11.8 Å². The van der Waals surface area contributed by atoms with Crippen LogP contribution in [0.25, 0.3) is 11.0 Å². The Labute approximate surface area is 176 Å². The molecule has 0 fully saturated rings. The SMILES string of the molecule is CCOC(=O)c1c(C)oc(NC(=O)CSc2nc3ccccc3n2CC)c1C(N)=O. The first-order valence-electron chi connectivity index (χ1n) is 9.35. The van der Waals surface area contributed by atoms with Gasteiger partial charge in [-0.05, 0) is 32.9 Å². The van der Waals surface area contributed by atoms with E-state index in [0.717, 1.165) is 11.0 Å². The topological polar surface area (TPSA) is 129 Å². The summed E-state index contributed by atoms with van der Waals surface area (Å²) in [4.78, 5) is 41.1. The van der Waals surface area contributed by atoms with Gasteiger partial charge in [0.05, 0.1) is 23.4 Å². The Morgan fingerprint density at radius 1 is 1.23 bits per heavy atom. The van der Waals surface area contributed by atoms with Crippen LogP contribution in [0.2, 0.25) is 0 Å². The number of anilines is 1. The number of hydrogen-bond acceptors (Lipinski definition) is 7. The summed E-state index contributed by atoms with van der Waals surface area (Å²) in [6.45, 7) is 5.96. The van der Waals surface area contributed by atoms with Gasteiger partial charge in [-0.2, -0.15) is 0 Å². The lowest BCUT2D eigenvalue weighted by atomic mass is 10.1. The molecule has 3 aromatic rings. The Morgan fingerprint density at radius 2 is 1.97 bits per heavy atom. The van der Waals surface area contributed by atoms with E-state index in [4.69, 9.17) is 14.9 Å². The fraction of sp³-hybridized carbons (Fsp3) is 0.300. The minimum atomic E-state index is -0.898. The van der Waals surface area contributed by atoms with Gasteiger partial charge in [-0.3, -0.25) is 14.9 Å². The molecule has 158 valence electrons. The number of fused-ring (bicyclic) bond motifs is 1. The largest absolute Gasteiger partial charge is 0.462 e. The lowest BCUT2D eigenvalue weighted by Gasteiger charge is -2.06. The van der Waals surface area contributed by atoms with E-state index in [1.807, 2.05) is 35.8 Å². The minimum absolute atomic E-state index is 0.0238. The molecule has 2 aromatic heterocycles. The number of amides is 2. The summed E-state index contributed by atoms with van der Waals surface area (Å²) in [5, 5.41) is 3.22. The van der Waals surface area contributed by atoms with Crippen LogP contribution in [0.5, 0.6) is 0 Å². The maximum absolute atomic E-state index is 12.5. The minimum Gasteiger partial charge on any atom is -0.462 e. The highest BCUT2D eigenvalue weighted by atomic mass is 32.2. The molecule has 0 unspecified atom stereocenters. The maximum Gasteiger partial charge on any atom is 0.342 e. The van der Waals surface area contributed by atoms with E-state index in [-0.39, 0.29) is 35.1 Å². The number of benzene rings is 1. The number of furan rings is 1. The van der Waals surface area contributed by atoms with Gasteiger partial charge in [-0.25, -0.2) is 9.78 Å². The Morgan fingerprint density at radius 3 is 2.63 bits per heavy atom. The summed E-state index contributed by atoms with van der Waals surface area (Å²) in [6.07, 6.45) is 0. The average Bonchev–Trinajstić information content (AvgIpc) is 3.23. The number of ether oxygens (including phenoxy) is 1. The number of nitrogens with two attached hydrogens (primary N) is 1. The summed E-state index contributed by atoms with van der Waals surface area (Å²) in [5.41, 5.74) is 6.95. The van der Waals surface area contributed by atoms with Crippen molar-refractivity contribution < 1.29 is 23.5 Å². The van der Waals surface area contributed by atoms with Crippen molar-refractivity contribution in [1.29, 1.82) is 0 Å². The van der Waals surface area contributed by atoms with Gasteiger partial charge in [0.15, 0.2) is 5.16 Å². The van der Waals surface area contributed by atoms with Crippen molar-refractivity contribution >= 4 is 46.5 Å². The molecule has 2 amide bonds. The van der Waals surface area contributed by atoms with Gasteiger partial charge in [-0.1, -0.05) is 23.9 Å². The van der Waals surface area contributed by atoms with Crippen molar-refractivity contribution in [3.05, 3.63) is 41.2 Å². The molecule has 3 rings (SSSR count). The van der Waals surface area contributed by atoms with Crippen LogP contribution < -0.4 is 11.1 Å². The lowest BCUT2D eigenvalue weighted by Crippen LogP contribution is -2.21. The number of aryl methyl sites for hydroxylation is 2. The highest BCUT2D eigenvalue weighted by molar-refractivity contribution is 7.99. The molecule has 0 aliphatic rings. The standard InChI is InChI=1S/C20H22N4O5S/c1-4-24-13-9-7-6-8-12(13)22-20(24)30-10-14(25)23-18-16(17(21)26)15(11(3)29-18)19(27)28-5-2/h6-9H,4-5,10H2,1-3H3,(H2,21,26)(H,23,25). The van der Waals surface area contributed by atoms with Crippen molar-refractivity contribution in [3.63, 3.8) is 0 Å². The van der Waals surface area contributed by atoms with Crippen LogP contribution in [0.4, 0.5) is 5.88 Å². The number of imidazole rings is 1. The predicted molar refractivity (Wildman–Crippen MR) is 113 cm³/mol. The lowest BCUT2D eigenvalue weighted by molar-refractivity contribution is -0.113. The van der Waals surface area contributed by atoms with Gasteiger partial charge < -0.3 is 19.5 Å². The van der Waals surface area contributed by atoms with Gasteiger partial charge in [-0.15, -0.1) is 0 Å². The smallest absolute Gasteiger partial charge is 0.342 e. The van der Waals surface area contributed by atoms with E-state index in [2.05, 4.69) is 10.3 Å². The van der Waals surface area contributed by atoms with Crippen molar-refractivity contribution in [2.75, 3.05) is 17.7 Å². The van der Waals surface area contributed by atoms with Gasteiger partial charge in [0.1, 0.15) is 16.9 Å². The molecule has 0 bridgehead atoms. The van der Waals surface area contributed by atoms with Crippen molar-refractivity contribution in [1.82, 2.24) is 9.55 Å². The van der Waals surface area contributed by atoms with Crippen LogP contribution in [0.15, 0.2) is 33.8 Å². The van der Waals surface area contributed by atoms with E-state index in [9.17, 15) is 14.4 Å². The molecule has 0 saturated carbocycles. The number of rotatable bonds is 8. The van der Waals surface area contributed by atoms with Crippen molar-refractivity contribution in [2.24, 2.45) is 5.73 Å². The van der Waals surface area contributed by atoms with E-state index >= 15 is 0 Å². The molecule has 3 N–H and O–H groups in total. The Kier molecular flexibility index (Phi) is 6.46. The fourth-order valence-corrected chi connectivity index (χ4v) is 3.96. The van der Waals surface area contributed by atoms with Gasteiger partial charge in [0.25, 0.3) is 5.91 Å². The summed E-state index contributed by atoms with van der Waals surface area (Å²) >= 11 is 1.25. The molecule has 30 heavy (non-hydrogen) atoms. The molecule has 0 spiro atoms. The molecule has 0 aliphatic carbocycles. The number of nitrogens with one attached hydrogen (secondary N) is 1. The molecule has 9 nitrogen and oxygen atoms in total. The first kappa shape index (κ1) is 21.4. The quantitative estimate of drug-likeness (QED) is 0.415. The molecule has 0 radical (unpaired) electrons. The number of hydrogen-bond donors (Lipinski definition) is 2. The van der Waals surface area contributed by atoms with Gasteiger partial charge >= 0.3 is 5.97 Å². The highest BCUT2D eigenvalue weighted by Gasteiger charge is 2.29. The second kappa shape index (κ2) is 9.04. The van der Waals surface area contributed by atoms with Crippen LogP contribution in [-0.4, -0.2) is 39.7 Å². The third-order valence-electron chi connectivity index (χ3n) is 4.33. The molecule has 2 heterocycles. The van der Waals surface area contributed by atoms with E-state index < -0.39 is 17.8 Å². The van der Waals surface area contributed by atoms with E-state index in [1.165, 1.54) is 18.7 Å². The van der Waals surface area contributed by atoms with E-state index in [1.54, 1.807) is 6.92 Å². The number of carbonyl (C=O) groups is 3. The molecular formula is C20H22N4O5S. The summed E-state index contributed by atoms with van der Waals surface area (Å²) in [5.74, 6) is -2.07. The van der Waals surface area contributed by atoms with E-state index in [0.29, 0.717) is 11.7 Å². The number of carbonyl (C=O) groups excluding carboxylic acids is 3. The van der Waals surface area contributed by atoms with Crippen molar-refractivity contribution in [2.45, 2.75) is 32.5 Å². The first-order valence-corrected chi connectivity index (χ1v) is 10.3. The fourth-order valence-electron chi connectivity index (χ4n) is 3.08. The van der Waals surface area contributed by atoms with Crippen LogP contribution in [-0.2, 0) is 16.1 Å². The zero-order valence-electron chi connectivity index (χ0n) is 16.9. The Bertz CT molecular complexity index is 1120. The Hall–Kier alpha value is -3.27. The first-order chi connectivity index (χ1) is 14.4. The third-order valence-corrected chi connectivity index (χ3v) is 5.31. The molecule has 0 saturated heterocycles. The predicted octanol–water partition coefficient (Wildman–Crippen LogP) is 2.96. The number of para-hydroxylation sites is 2. The molecule has 1 aromatic carbocycles. The van der Waals surface area contributed by atoms with Crippen LogP contribution in [0.1, 0.15) is 40.3 Å². The molecule has 0 aliphatic heterocycles. The summed E-state index contributed by atoms with van der Waals surface area (Å²) in [6, 6.07) is 7.72. The number of thioether (sulfide) groups is 1. The number of primary amides is 1. The zero-order valence-corrected chi connectivity index (χ0v) is 17.7. The molecule has 0 atom stereocenters. The maximum atomic E-state index is 12.5. The molecular weight excluding hydrogens is 408 g/mol. The van der Waals surface area contributed by atoms with Crippen LogP contribution in [0.3, 0.4) is 0 Å². The molecule has 10 heteroatoms. The third kappa shape index (κ3) is 4.18. The zero-order chi connectivity index (χ0) is 21.8. The average molecular weight is 430 g/mol. The monoisotopic (exact) mass is 430 g/mol. The van der Waals surface area contributed by atoms with Gasteiger partial charge in [0, 0.05) is 6.54 Å². The van der Waals surface area contributed by atoms with Crippen LogP contribution in [0, 0.1) is 6.92 Å². The summed E-state index contributed by atoms with van der Waals surface area (Å²) in [7, 11) is 0. The highest BCUT2D eigenvalue weighted by Crippen LogP contribution is 2.29. The second-order valence-corrected chi connectivity index (χ2v) is 7.23. The number of nitrogens with zero attached hydrogens (tertiary/aromatic N) is 2. The number of esters is 1. The second-order valence-electron chi connectivity index (χ2n) is 6.29.